The lowest BCUT2D eigenvalue weighted by molar-refractivity contribution is -0.117. The maximum absolute atomic E-state index is 12.5. The molecular formula is C24H26ClN3O2. The number of methoxy groups -OCH3 is 1. The van der Waals surface area contributed by atoms with Gasteiger partial charge in [-0.15, -0.1) is 0 Å². The Labute approximate surface area is 182 Å². The Hall–Kier alpha value is -3.05. The monoisotopic (exact) mass is 423 g/mol. The number of rotatable bonds is 7. The molecule has 30 heavy (non-hydrogen) atoms. The molecule has 1 N–H and O–H groups in total. The van der Waals surface area contributed by atoms with Crippen LogP contribution in [0.25, 0.3) is 6.08 Å². The topological polar surface area (TPSA) is 56.1 Å². The molecule has 5 nitrogen and oxygen atoms in total. The van der Waals surface area contributed by atoms with Crippen molar-refractivity contribution in [2.45, 2.75) is 33.4 Å². The average molecular weight is 424 g/mol. The molecule has 0 fully saturated rings. The summed E-state index contributed by atoms with van der Waals surface area (Å²) in [5, 5.41) is 8.31. The van der Waals surface area contributed by atoms with E-state index in [1.807, 2.05) is 80.1 Å². The van der Waals surface area contributed by atoms with Gasteiger partial charge in [-0.2, -0.15) is 5.10 Å². The Bertz CT molecular complexity index is 1070. The molecule has 0 bridgehead atoms. The first-order valence-electron chi connectivity index (χ1n) is 9.79. The largest absolute Gasteiger partial charge is 0.496 e. The number of carbonyl (C=O) groups excluding carboxylic acids is 1. The van der Waals surface area contributed by atoms with Crippen LogP contribution in [0.5, 0.6) is 5.75 Å². The van der Waals surface area contributed by atoms with Crippen molar-refractivity contribution in [1.29, 1.82) is 0 Å². The van der Waals surface area contributed by atoms with Crippen LogP contribution in [0.3, 0.4) is 0 Å². The fourth-order valence-corrected chi connectivity index (χ4v) is 3.61. The summed E-state index contributed by atoms with van der Waals surface area (Å²) in [5.74, 6) is 0.577. The van der Waals surface area contributed by atoms with Crippen molar-refractivity contribution in [3.8, 4) is 5.75 Å². The van der Waals surface area contributed by atoms with Gasteiger partial charge in [0.25, 0.3) is 0 Å². The molecule has 0 aliphatic carbocycles. The third-order valence-electron chi connectivity index (χ3n) is 5.08. The van der Waals surface area contributed by atoms with Gasteiger partial charge in [0.1, 0.15) is 5.75 Å². The molecule has 1 unspecified atom stereocenters. The third-order valence-corrected chi connectivity index (χ3v) is 5.45. The van der Waals surface area contributed by atoms with Crippen LogP contribution in [0.4, 0.5) is 0 Å². The SMILES string of the molecule is COc1ccccc1C(C)NC(=O)/C=C/c1c(C)nn(Cc2ccccc2Cl)c1C. The molecule has 2 aromatic carbocycles. The number of halogens is 1. The van der Waals surface area contributed by atoms with Gasteiger partial charge in [0.05, 0.1) is 25.4 Å². The Balaban J connectivity index is 1.72. The smallest absolute Gasteiger partial charge is 0.244 e. The molecule has 0 aliphatic heterocycles. The van der Waals surface area contributed by atoms with E-state index in [0.717, 1.165) is 33.8 Å². The highest BCUT2D eigenvalue weighted by Gasteiger charge is 2.14. The lowest BCUT2D eigenvalue weighted by Crippen LogP contribution is -2.25. The molecule has 1 aromatic heterocycles. The van der Waals surface area contributed by atoms with E-state index < -0.39 is 0 Å². The van der Waals surface area contributed by atoms with Crippen LogP contribution >= 0.6 is 11.6 Å². The van der Waals surface area contributed by atoms with E-state index in [1.54, 1.807) is 13.2 Å². The summed E-state index contributed by atoms with van der Waals surface area (Å²) in [4.78, 5) is 12.5. The zero-order valence-electron chi connectivity index (χ0n) is 17.6. The van der Waals surface area contributed by atoms with Crippen LogP contribution in [0, 0.1) is 13.8 Å². The molecule has 0 spiro atoms. The van der Waals surface area contributed by atoms with E-state index in [4.69, 9.17) is 16.3 Å². The highest BCUT2D eigenvalue weighted by molar-refractivity contribution is 6.31. The predicted molar refractivity (Wildman–Crippen MR) is 121 cm³/mol. The van der Waals surface area contributed by atoms with Gasteiger partial charge in [0.15, 0.2) is 0 Å². The van der Waals surface area contributed by atoms with Crippen LogP contribution in [-0.4, -0.2) is 22.8 Å². The predicted octanol–water partition coefficient (Wildman–Crippen LogP) is 5.10. The molecule has 0 aliphatic rings. The van der Waals surface area contributed by atoms with Crippen molar-refractivity contribution in [3.63, 3.8) is 0 Å². The van der Waals surface area contributed by atoms with E-state index >= 15 is 0 Å². The molecule has 1 atom stereocenters. The molecule has 3 aromatic rings. The van der Waals surface area contributed by atoms with Crippen molar-refractivity contribution in [2.75, 3.05) is 7.11 Å². The van der Waals surface area contributed by atoms with E-state index in [9.17, 15) is 4.79 Å². The number of ether oxygens (including phenoxy) is 1. The number of aromatic nitrogens is 2. The molecule has 0 saturated heterocycles. The Morgan fingerprint density at radius 3 is 2.63 bits per heavy atom. The first kappa shape index (κ1) is 21.7. The number of hydrogen-bond acceptors (Lipinski definition) is 3. The second-order valence-corrected chi connectivity index (χ2v) is 7.55. The number of para-hydroxylation sites is 1. The zero-order chi connectivity index (χ0) is 21.7. The number of amides is 1. The molecule has 0 saturated carbocycles. The third kappa shape index (κ3) is 4.92. The molecular weight excluding hydrogens is 398 g/mol. The summed E-state index contributed by atoms with van der Waals surface area (Å²) in [6.07, 6.45) is 3.35. The second-order valence-electron chi connectivity index (χ2n) is 7.14. The number of aryl methyl sites for hydroxylation is 1. The molecule has 156 valence electrons. The highest BCUT2D eigenvalue weighted by atomic mass is 35.5. The Kier molecular flexibility index (Phi) is 6.95. The first-order chi connectivity index (χ1) is 14.4. The highest BCUT2D eigenvalue weighted by Crippen LogP contribution is 2.24. The van der Waals surface area contributed by atoms with Crippen LogP contribution in [-0.2, 0) is 11.3 Å². The summed E-state index contributed by atoms with van der Waals surface area (Å²) >= 11 is 6.28. The van der Waals surface area contributed by atoms with E-state index in [0.29, 0.717) is 11.6 Å². The maximum Gasteiger partial charge on any atom is 0.244 e. The minimum Gasteiger partial charge on any atom is -0.496 e. The van der Waals surface area contributed by atoms with E-state index in [1.165, 1.54) is 0 Å². The number of carbonyl (C=O) groups is 1. The van der Waals surface area contributed by atoms with Crippen LogP contribution < -0.4 is 10.1 Å². The molecule has 6 heteroatoms. The van der Waals surface area contributed by atoms with E-state index in [-0.39, 0.29) is 11.9 Å². The average Bonchev–Trinajstić information content (AvgIpc) is 3.00. The van der Waals surface area contributed by atoms with Crippen LogP contribution in [0.2, 0.25) is 5.02 Å². The van der Waals surface area contributed by atoms with Gasteiger partial charge in [-0.25, -0.2) is 0 Å². The van der Waals surface area contributed by atoms with Gasteiger partial charge in [0, 0.05) is 27.9 Å². The Morgan fingerprint density at radius 1 is 1.20 bits per heavy atom. The van der Waals surface area contributed by atoms with Gasteiger partial charge in [0.2, 0.25) is 5.91 Å². The zero-order valence-corrected chi connectivity index (χ0v) is 18.4. The minimum atomic E-state index is -0.177. The minimum absolute atomic E-state index is 0.175. The summed E-state index contributed by atoms with van der Waals surface area (Å²) in [6, 6.07) is 15.2. The summed E-state index contributed by atoms with van der Waals surface area (Å²) in [7, 11) is 1.62. The van der Waals surface area contributed by atoms with E-state index in [2.05, 4.69) is 10.4 Å². The van der Waals surface area contributed by atoms with Gasteiger partial charge < -0.3 is 10.1 Å². The van der Waals surface area contributed by atoms with Gasteiger partial charge >= 0.3 is 0 Å². The number of nitrogens with zero attached hydrogens (tertiary/aromatic N) is 2. The number of nitrogens with one attached hydrogen (secondary N) is 1. The molecule has 3 rings (SSSR count). The van der Waals surface area contributed by atoms with Crippen LogP contribution in [0.15, 0.2) is 54.6 Å². The standard InChI is InChI=1S/C24H26ClN3O2/c1-16(21-10-6-8-12-23(21)30-4)26-24(29)14-13-20-17(2)27-28(18(20)3)15-19-9-5-7-11-22(19)25/h5-14,16H,15H2,1-4H3,(H,26,29)/b14-13+. The fraction of sp³-hybridized carbons (Fsp3) is 0.250. The maximum atomic E-state index is 12.5. The van der Waals surface area contributed by atoms with Crippen molar-refractivity contribution in [1.82, 2.24) is 15.1 Å². The molecule has 0 radical (unpaired) electrons. The Morgan fingerprint density at radius 2 is 1.90 bits per heavy atom. The fourth-order valence-electron chi connectivity index (χ4n) is 3.42. The summed E-state index contributed by atoms with van der Waals surface area (Å²) < 4.78 is 7.29. The van der Waals surface area contributed by atoms with Crippen molar-refractivity contribution in [3.05, 3.63) is 87.7 Å². The number of benzene rings is 2. The summed E-state index contributed by atoms with van der Waals surface area (Å²) in [6.45, 7) is 6.44. The van der Waals surface area contributed by atoms with Gasteiger partial charge in [-0.05, 0) is 44.5 Å². The second kappa shape index (κ2) is 9.63. The quantitative estimate of drug-likeness (QED) is 0.538. The normalized spacial score (nSPS) is 12.2. The first-order valence-corrected chi connectivity index (χ1v) is 10.2. The van der Waals surface area contributed by atoms with Gasteiger partial charge in [-0.1, -0.05) is 48.0 Å². The number of hydrogen-bond donors (Lipinski definition) is 1. The van der Waals surface area contributed by atoms with Crippen LogP contribution in [0.1, 0.15) is 41.0 Å². The molecule has 1 amide bonds. The lowest BCUT2D eigenvalue weighted by Gasteiger charge is -2.16. The molecule has 1 heterocycles. The lowest BCUT2D eigenvalue weighted by atomic mass is 10.1. The summed E-state index contributed by atoms with van der Waals surface area (Å²) in [5.41, 5.74) is 4.71. The van der Waals surface area contributed by atoms with Crippen molar-refractivity contribution in [2.24, 2.45) is 0 Å². The van der Waals surface area contributed by atoms with Gasteiger partial charge in [-0.3, -0.25) is 9.48 Å². The van der Waals surface area contributed by atoms with Crippen molar-refractivity contribution >= 4 is 23.6 Å². The van der Waals surface area contributed by atoms with Crippen molar-refractivity contribution < 1.29 is 9.53 Å².